The summed E-state index contributed by atoms with van der Waals surface area (Å²) in [6, 6.07) is 5.27. The fraction of sp³-hybridized carbons (Fsp3) is 0.400. The number of ether oxygens (including phenoxy) is 3. The molecule has 2 aromatic rings. The maximum absolute atomic E-state index is 13.4. The molecule has 31 heavy (non-hydrogen) atoms. The average Bonchev–Trinajstić information content (AvgIpc) is 2.72. The van der Waals surface area contributed by atoms with Gasteiger partial charge in [0.15, 0.2) is 6.61 Å². The van der Waals surface area contributed by atoms with Gasteiger partial charge in [-0.05, 0) is 31.9 Å². The summed E-state index contributed by atoms with van der Waals surface area (Å²) in [6.45, 7) is 1.59. The standard InChI is InChI=1S/C20H22ClFN4O5/c1-20(26-19(28)18-24-16(29-2)7-17(25-18)30-3)8-11(9-20)23-15(27)10-31-12-4-5-13(21)14(22)6-12/h4-7,11H,8-10H2,1-3H3,(H,23,27)(H,26,28). The van der Waals surface area contributed by atoms with Crippen molar-refractivity contribution in [3.63, 3.8) is 0 Å². The van der Waals surface area contributed by atoms with Crippen LogP contribution < -0.4 is 24.8 Å². The number of halogens is 2. The van der Waals surface area contributed by atoms with Crippen LogP contribution in [0.15, 0.2) is 24.3 Å². The summed E-state index contributed by atoms with van der Waals surface area (Å²) in [5.74, 6) is -0.900. The zero-order valence-electron chi connectivity index (χ0n) is 17.2. The summed E-state index contributed by atoms with van der Waals surface area (Å²) in [5.41, 5.74) is -0.533. The van der Waals surface area contributed by atoms with Crippen LogP contribution in [0, 0.1) is 5.82 Å². The van der Waals surface area contributed by atoms with Gasteiger partial charge in [-0.1, -0.05) is 11.6 Å². The largest absolute Gasteiger partial charge is 0.484 e. The van der Waals surface area contributed by atoms with Crippen LogP contribution >= 0.6 is 11.6 Å². The van der Waals surface area contributed by atoms with Gasteiger partial charge in [-0.25, -0.2) is 4.39 Å². The molecule has 1 heterocycles. The Hall–Kier alpha value is -3.14. The molecule has 1 aromatic carbocycles. The van der Waals surface area contributed by atoms with E-state index in [1.165, 1.54) is 32.4 Å². The minimum atomic E-state index is -0.622. The predicted molar refractivity (Wildman–Crippen MR) is 109 cm³/mol. The molecule has 0 bridgehead atoms. The van der Waals surface area contributed by atoms with Crippen molar-refractivity contribution >= 4 is 23.4 Å². The van der Waals surface area contributed by atoms with Crippen LogP contribution in [0.1, 0.15) is 30.4 Å². The lowest BCUT2D eigenvalue weighted by molar-refractivity contribution is -0.124. The summed E-state index contributed by atoms with van der Waals surface area (Å²) in [7, 11) is 2.86. The fourth-order valence-electron chi connectivity index (χ4n) is 3.26. The van der Waals surface area contributed by atoms with Crippen molar-refractivity contribution in [3.8, 4) is 17.5 Å². The van der Waals surface area contributed by atoms with Crippen LogP contribution in [-0.2, 0) is 4.79 Å². The van der Waals surface area contributed by atoms with Gasteiger partial charge in [-0.3, -0.25) is 9.59 Å². The Morgan fingerprint density at radius 1 is 1.19 bits per heavy atom. The van der Waals surface area contributed by atoms with Crippen LogP contribution in [0.3, 0.4) is 0 Å². The summed E-state index contributed by atoms with van der Waals surface area (Å²) < 4.78 is 28.8. The van der Waals surface area contributed by atoms with Gasteiger partial charge in [0.25, 0.3) is 11.8 Å². The normalized spacial score (nSPS) is 19.7. The molecule has 9 nitrogen and oxygen atoms in total. The Morgan fingerprint density at radius 2 is 1.84 bits per heavy atom. The first-order chi connectivity index (χ1) is 14.7. The molecule has 1 fully saturated rings. The zero-order chi connectivity index (χ0) is 22.6. The Morgan fingerprint density at radius 3 is 2.42 bits per heavy atom. The molecule has 1 aliphatic carbocycles. The van der Waals surface area contributed by atoms with Gasteiger partial charge < -0.3 is 24.8 Å². The van der Waals surface area contributed by atoms with Crippen molar-refractivity contribution in [2.75, 3.05) is 20.8 Å². The van der Waals surface area contributed by atoms with E-state index in [0.29, 0.717) is 12.8 Å². The number of amides is 2. The molecule has 0 atom stereocenters. The second kappa shape index (κ2) is 9.34. The highest BCUT2D eigenvalue weighted by Gasteiger charge is 2.42. The summed E-state index contributed by atoms with van der Waals surface area (Å²) >= 11 is 5.61. The highest BCUT2D eigenvalue weighted by molar-refractivity contribution is 6.30. The number of hydrogen-bond donors (Lipinski definition) is 2. The van der Waals surface area contributed by atoms with Gasteiger partial charge in [0.1, 0.15) is 11.6 Å². The predicted octanol–water partition coefficient (Wildman–Crippen LogP) is 2.13. The molecule has 166 valence electrons. The Balaban J connectivity index is 1.47. The molecule has 1 saturated carbocycles. The maximum Gasteiger partial charge on any atom is 0.289 e. The number of nitrogens with one attached hydrogen (secondary N) is 2. The topological polar surface area (TPSA) is 112 Å². The second-order valence-corrected chi connectivity index (χ2v) is 7.74. The number of nitrogens with zero attached hydrogens (tertiary/aromatic N) is 2. The van der Waals surface area contributed by atoms with Crippen molar-refractivity contribution in [2.24, 2.45) is 0 Å². The Labute approximate surface area is 183 Å². The van der Waals surface area contributed by atoms with E-state index in [1.54, 1.807) is 0 Å². The highest BCUT2D eigenvalue weighted by atomic mass is 35.5. The van der Waals surface area contributed by atoms with Gasteiger partial charge in [0.2, 0.25) is 17.6 Å². The van der Waals surface area contributed by atoms with E-state index in [2.05, 4.69) is 20.6 Å². The van der Waals surface area contributed by atoms with Crippen molar-refractivity contribution in [1.29, 1.82) is 0 Å². The number of aromatic nitrogens is 2. The molecule has 1 aromatic heterocycles. The molecule has 0 aliphatic heterocycles. The van der Waals surface area contributed by atoms with Crippen LogP contribution in [0.4, 0.5) is 4.39 Å². The number of carbonyl (C=O) groups is 2. The molecular formula is C20H22ClFN4O5. The van der Waals surface area contributed by atoms with E-state index in [1.807, 2.05) is 6.92 Å². The number of methoxy groups -OCH3 is 2. The third-order valence-electron chi connectivity index (χ3n) is 4.74. The number of benzene rings is 1. The summed E-state index contributed by atoms with van der Waals surface area (Å²) in [4.78, 5) is 32.7. The number of rotatable bonds is 8. The first-order valence-electron chi connectivity index (χ1n) is 9.38. The van der Waals surface area contributed by atoms with Crippen LogP contribution in [0.25, 0.3) is 0 Å². The Kier molecular flexibility index (Phi) is 6.79. The molecule has 0 saturated heterocycles. The highest BCUT2D eigenvalue weighted by Crippen LogP contribution is 2.32. The monoisotopic (exact) mass is 452 g/mol. The smallest absolute Gasteiger partial charge is 0.289 e. The second-order valence-electron chi connectivity index (χ2n) is 7.33. The van der Waals surface area contributed by atoms with E-state index in [4.69, 9.17) is 25.8 Å². The van der Waals surface area contributed by atoms with Crippen molar-refractivity contribution < 1.29 is 28.2 Å². The van der Waals surface area contributed by atoms with E-state index >= 15 is 0 Å². The van der Waals surface area contributed by atoms with Crippen molar-refractivity contribution in [2.45, 2.75) is 31.3 Å². The molecule has 0 radical (unpaired) electrons. The van der Waals surface area contributed by atoms with E-state index in [9.17, 15) is 14.0 Å². The minimum absolute atomic E-state index is 0.0228. The first-order valence-corrected chi connectivity index (χ1v) is 9.76. The van der Waals surface area contributed by atoms with Crippen molar-refractivity contribution in [1.82, 2.24) is 20.6 Å². The summed E-state index contributed by atoms with van der Waals surface area (Å²) in [5, 5.41) is 5.66. The molecular weight excluding hydrogens is 431 g/mol. The maximum atomic E-state index is 13.4. The third kappa shape index (κ3) is 5.72. The van der Waals surface area contributed by atoms with Gasteiger partial charge in [0.05, 0.1) is 25.3 Å². The molecule has 2 amide bonds. The van der Waals surface area contributed by atoms with Gasteiger partial charge in [-0.2, -0.15) is 9.97 Å². The van der Waals surface area contributed by atoms with Gasteiger partial charge >= 0.3 is 0 Å². The molecule has 0 spiro atoms. The average molecular weight is 453 g/mol. The lowest BCUT2D eigenvalue weighted by Crippen LogP contribution is -2.62. The first kappa shape index (κ1) is 22.5. The quantitative estimate of drug-likeness (QED) is 0.631. The van der Waals surface area contributed by atoms with Crippen LogP contribution in [0.5, 0.6) is 17.5 Å². The zero-order valence-corrected chi connectivity index (χ0v) is 18.0. The Bertz CT molecular complexity index is 962. The lowest BCUT2D eigenvalue weighted by Gasteiger charge is -2.45. The van der Waals surface area contributed by atoms with Gasteiger partial charge in [-0.15, -0.1) is 0 Å². The molecule has 2 N–H and O–H groups in total. The SMILES string of the molecule is COc1cc(OC)nc(C(=O)NC2(C)CC(NC(=O)COc3ccc(Cl)c(F)c3)C2)n1. The molecule has 0 unspecified atom stereocenters. The third-order valence-corrected chi connectivity index (χ3v) is 5.04. The summed E-state index contributed by atoms with van der Waals surface area (Å²) in [6.07, 6.45) is 1.03. The number of hydrogen-bond acceptors (Lipinski definition) is 7. The van der Waals surface area contributed by atoms with E-state index < -0.39 is 17.3 Å². The lowest BCUT2D eigenvalue weighted by atomic mass is 9.74. The van der Waals surface area contributed by atoms with E-state index in [-0.39, 0.29) is 46.9 Å². The molecule has 3 rings (SSSR count). The van der Waals surface area contributed by atoms with Gasteiger partial charge in [0, 0.05) is 17.6 Å². The molecule has 1 aliphatic rings. The fourth-order valence-corrected chi connectivity index (χ4v) is 3.38. The number of carbonyl (C=O) groups excluding carboxylic acids is 2. The van der Waals surface area contributed by atoms with Crippen LogP contribution in [-0.4, -0.2) is 54.2 Å². The van der Waals surface area contributed by atoms with E-state index in [0.717, 1.165) is 6.07 Å². The van der Waals surface area contributed by atoms with Crippen LogP contribution in [0.2, 0.25) is 5.02 Å². The van der Waals surface area contributed by atoms with Crippen molar-refractivity contribution in [3.05, 3.63) is 40.9 Å². The molecule has 11 heteroatoms. The minimum Gasteiger partial charge on any atom is -0.484 e.